The van der Waals surface area contributed by atoms with Crippen molar-refractivity contribution in [2.24, 2.45) is 0 Å². The predicted molar refractivity (Wildman–Crippen MR) is 127 cm³/mol. The molecule has 0 aliphatic rings. The summed E-state index contributed by atoms with van der Waals surface area (Å²) in [5.41, 5.74) is 5.48. The zero-order valence-corrected chi connectivity index (χ0v) is 20.6. The molecule has 2 aromatic carbocycles. The third kappa shape index (κ3) is 6.47. The zero-order chi connectivity index (χ0) is 23.8. The molecule has 172 valence electrons. The number of hydrogen-bond acceptors (Lipinski definition) is 7. The highest BCUT2D eigenvalue weighted by Gasteiger charge is 2.17. The van der Waals surface area contributed by atoms with E-state index in [1.807, 2.05) is 13.8 Å². The average molecular weight is 526 g/mol. The minimum Gasteiger partial charge on any atom is -0.493 e. The monoisotopic (exact) mass is 525 g/mol. The number of ether oxygens (including phenoxy) is 4. The molecule has 32 heavy (non-hydrogen) atoms. The van der Waals surface area contributed by atoms with E-state index < -0.39 is 11.8 Å². The van der Waals surface area contributed by atoms with Crippen LogP contribution in [0.1, 0.15) is 34.6 Å². The summed E-state index contributed by atoms with van der Waals surface area (Å²) < 4.78 is 22.0. The van der Waals surface area contributed by atoms with E-state index in [0.29, 0.717) is 33.0 Å². The summed E-state index contributed by atoms with van der Waals surface area (Å²) in [4.78, 5) is 24.9. The number of hydrazine groups is 1. The number of rotatable bonds is 7. The average Bonchev–Trinajstić information content (AvgIpc) is 2.77. The summed E-state index contributed by atoms with van der Waals surface area (Å²) in [5.74, 6) is 0.639. The first kappa shape index (κ1) is 25.2. The Balaban J connectivity index is 2.00. The van der Waals surface area contributed by atoms with Gasteiger partial charge in [0.1, 0.15) is 5.75 Å². The van der Waals surface area contributed by atoms with Crippen molar-refractivity contribution in [3.8, 4) is 23.0 Å². The van der Waals surface area contributed by atoms with Crippen molar-refractivity contribution < 1.29 is 28.5 Å². The van der Waals surface area contributed by atoms with E-state index in [1.165, 1.54) is 33.5 Å². The molecular weight excluding hydrogens is 502 g/mol. The summed E-state index contributed by atoms with van der Waals surface area (Å²) in [7, 11) is 4.36. The molecule has 0 spiro atoms. The van der Waals surface area contributed by atoms with Crippen LogP contribution < -0.4 is 35.1 Å². The van der Waals surface area contributed by atoms with E-state index >= 15 is 0 Å². The number of halogens is 1. The van der Waals surface area contributed by atoms with Gasteiger partial charge in [-0.25, -0.2) is 0 Å². The van der Waals surface area contributed by atoms with Crippen molar-refractivity contribution >= 4 is 45.1 Å². The molecule has 0 fully saturated rings. The summed E-state index contributed by atoms with van der Waals surface area (Å²) in [6.45, 7) is 3.81. The fraction of sp³-hybridized carbons (Fsp3) is 0.286. The Kier molecular flexibility index (Phi) is 9.09. The maximum Gasteiger partial charge on any atom is 0.269 e. The zero-order valence-electron chi connectivity index (χ0n) is 18.2. The molecule has 9 nitrogen and oxygen atoms in total. The molecule has 0 bridgehead atoms. The van der Waals surface area contributed by atoms with Gasteiger partial charge in [-0.2, -0.15) is 0 Å². The smallest absolute Gasteiger partial charge is 0.269 e. The normalized spacial score (nSPS) is 10.2. The Labute approximate surface area is 199 Å². The second-order valence-corrected chi connectivity index (χ2v) is 7.85. The van der Waals surface area contributed by atoms with E-state index in [4.69, 9.17) is 31.2 Å². The number of methoxy groups -OCH3 is 3. The second-order valence-electron chi connectivity index (χ2n) is 6.59. The van der Waals surface area contributed by atoms with Gasteiger partial charge < -0.3 is 18.9 Å². The van der Waals surface area contributed by atoms with Crippen LogP contribution in [0.25, 0.3) is 0 Å². The summed E-state index contributed by atoms with van der Waals surface area (Å²) >= 11 is 8.47. The van der Waals surface area contributed by atoms with Gasteiger partial charge in [-0.15, -0.1) is 0 Å². The Morgan fingerprint density at radius 2 is 1.50 bits per heavy atom. The molecule has 0 saturated carbocycles. The number of amides is 2. The Morgan fingerprint density at radius 3 is 2.00 bits per heavy atom. The first-order valence-electron chi connectivity index (χ1n) is 9.38. The Morgan fingerprint density at radius 1 is 0.875 bits per heavy atom. The first-order valence-corrected chi connectivity index (χ1v) is 10.6. The fourth-order valence-electron chi connectivity index (χ4n) is 2.60. The van der Waals surface area contributed by atoms with Crippen molar-refractivity contribution in [3.63, 3.8) is 0 Å². The van der Waals surface area contributed by atoms with Crippen molar-refractivity contribution in [1.29, 1.82) is 0 Å². The number of nitrogens with one attached hydrogen (secondary N) is 3. The lowest BCUT2D eigenvalue weighted by Crippen LogP contribution is -2.48. The van der Waals surface area contributed by atoms with E-state index in [1.54, 1.807) is 18.2 Å². The van der Waals surface area contributed by atoms with Crippen LogP contribution in [-0.2, 0) is 0 Å². The number of thiocarbonyl (C=S) groups is 1. The number of carbonyl (C=O) groups excluding carboxylic acids is 2. The van der Waals surface area contributed by atoms with Crippen LogP contribution in [0.3, 0.4) is 0 Å². The molecule has 0 heterocycles. The van der Waals surface area contributed by atoms with Crippen molar-refractivity contribution in [2.75, 3.05) is 21.3 Å². The molecule has 0 radical (unpaired) electrons. The van der Waals surface area contributed by atoms with Crippen LogP contribution in [0.5, 0.6) is 23.0 Å². The third-order valence-electron chi connectivity index (χ3n) is 4.00. The molecule has 11 heteroatoms. The lowest BCUT2D eigenvalue weighted by atomic mass is 10.1. The molecule has 0 atom stereocenters. The summed E-state index contributed by atoms with van der Waals surface area (Å²) in [6.07, 6.45) is -0.00277. The highest BCUT2D eigenvalue weighted by molar-refractivity contribution is 9.10. The topological polar surface area (TPSA) is 107 Å². The van der Waals surface area contributed by atoms with Crippen LogP contribution >= 0.6 is 28.1 Å². The van der Waals surface area contributed by atoms with Crippen molar-refractivity contribution in [2.45, 2.75) is 20.0 Å². The molecule has 2 amide bonds. The summed E-state index contributed by atoms with van der Waals surface area (Å²) in [6, 6.07) is 7.87. The predicted octanol–water partition coefficient (Wildman–Crippen LogP) is 3.21. The lowest BCUT2D eigenvalue weighted by Gasteiger charge is -2.15. The molecule has 0 saturated heterocycles. The number of hydrogen-bond donors (Lipinski definition) is 3. The van der Waals surface area contributed by atoms with Crippen LogP contribution in [0.4, 0.5) is 0 Å². The SMILES string of the molecule is COc1cc(C(=O)NNC(=S)NC(=O)c2ccc(OC(C)C)c(Br)c2)cc(OC)c1OC. The molecular formula is C21H24BrN3O6S. The number of carbonyl (C=O) groups is 2. The molecule has 0 aliphatic heterocycles. The highest BCUT2D eigenvalue weighted by Crippen LogP contribution is 2.38. The number of benzene rings is 2. The maximum absolute atomic E-state index is 12.5. The minimum atomic E-state index is -0.529. The van der Waals surface area contributed by atoms with Gasteiger partial charge in [-0.3, -0.25) is 25.8 Å². The molecule has 0 aliphatic carbocycles. The minimum absolute atomic E-state index is 0.00277. The van der Waals surface area contributed by atoms with Crippen LogP contribution in [0.2, 0.25) is 0 Å². The van der Waals surface area contributed by atoms with Crippen LogP contribution in [0.15, 0.2) is 34.8 Å². The third-order valence-corrected chi connectivity index (χ3v) is 4.82. The molecule has 2 aromatic rings. The first-order chi connectivity index (χ1) is 15.2. The summed E-state index contributed by atoms with van der Waals surface area (Å²) in [5, 5.41) is 2.40. The van der Waals surface area contributed by atoms with E-state index in [0.717, 1.165) is 0 Å². The Hall–Kier alpha value is -3.05. The molecule has 3 N–H and O–H groups in total. The Bertz CT molecular complexity index is 990. The molecule has 0 aromatic heterocycles. The maximum atomic E-state index is 12.5. The molecule has 0 unspecified atom stereocenters. The fourth-order valence-corrected chi connectivity index (χ4v) is 3.21. The van der Waals surface area contributed by atoms with Gasteiger partial charge in [-0.1, -0.05) is 0 Å². The van der Waals surface area contributed by atoms with E-state index in [2.05, 4.69) is 32.1 Å². The lowest BCUT2D eigenvalue weighted by molar-refractivity contribution is 0.0934. The van der Waals surface area contributed by atoms with E-state index in [9.17, 15) is 9.59 Å². The van der Waals surface area contributed by atoms with E-state index in [-0.39, 0.29) is 16.8 Å². The quantitative estimate of drug-likeness (QED) is 0.373. The van der Waals surface area contributed by atoms with Gasteiger partial charge in [0.05, 0.1) is 31.9 Å². The van der Waals surface area contributed by atoms with Gasteiger partial charge in [0.15, 0.2) is 16.6 Å². The molecule has 2 rings (SSSR count). The van der Waals surface area contributed by atoms with Gasteiger partial charge in [0.2, 0.25) is 5.75 Å². The van der Waals surface area contributed by atoms with Crippen molar-refractivity contribution in [3.05, 3.63) is 45.9 Å². The highest BCUT2D eigenvalue weighted by atomic mass is 79.9. The van der Waals surface area contributed by atoms with Gasteiger partial charge in [-0.05, 0) is 72.3 Å². The standard InChI is InChI=1S/C21H24BrN3O6S/c1-11(2)31-15-7-6-12(8-14(15)22)19(26)23-21(32)25-24-20(27)13-9-16(28-3)18(30-5)17(10-13)29-4/h6-11H,1-5H3,(H,24,27)(H2,23,25,26,32). The van der Waals surface area contributed by atoms with Gasteiger partial charge >= 0.3 is 0 Å². The van der Waals surface area contributed by atoms with Gasteiger partial charge in [0.25, 0.3) is 11.8 Å². The van der Waals surface area contributed by atoms with Crippen LogP contribution in [-0.4, -0.2) is 44.4 Å². The largest absolute Gasteiger partial charge is 0.493 e. The van der Waals surface area contributed by atoms with Gasteiger partial charge in [0, 0.05) is 11.1 Å². The van der Waals surface area contributed by atoms with Crippen LogP contribution in [0, 0.1) is 0 Å². The second kappa shape index (κ2) is 11.5. The van der Waals surface area contributed by atoms with Crippen molar-refractivity contribution in [1.82, 2.24) is 16.2 Å².